The first-order chi connectivity index (χ1) is 9.31. The van der Waals surface area contributed by atoms with Crippen molar-refractivity contribution in [2.45, 2.75) is 56.6 Å². The molecule has 0 aromatic carbocycles. The van der Waals surface area contributed by atoms with Gasteiger partial charge in [-0.05, 0) is 39.7 Å². The molecule has 1 aromatic rings. The summed E-state index contributed by atoms with van der Waals surface area (Å²) < 4.78 is 26.8. The molecule has 2 heterocycles. The lowest BCUT2D eigenvalue weighted by Crippen LogP contribution is -2.51. The molecule has 0 spiro atoms. The van der Waals surface area contributed by atoms with Crippen molar-refractivity contribution in [1.29, 1.82) is 0 Å². The highest BCUT2D eigenvalue weighted by Crippen LogP contribution is 2.24. The number of aromatic amines is 1. The van der Waals surface area contributed by atoms with Gasteiger partial charge in [0.25, 0.3) is 10.0 Å². The van der Waals surface area contributed by atoms with Gasteiger partial charge in [-0.2, -0.15) is 9.40 Å². The van der Waals surface area contributed by atoms with Crippen molar-refractivity contribution in [1.82, 2.24) is 19.8 Å². The first-order valence-corrected chi connectivity index (χ1v) is 8.51. The van der Waals surface area contributed by atoms with Crippen LogP contribution in [0.25, 0.3) is 0 Å². The molecular weight excluding hydrogens is 276 g/mol. The Morgan fingerprint density at radius 2 is 2.20 bits per heavy atom. The molecule has 1 aromatic heterocycles. The first kappa shape index (κ1) is 15.5. The Kier molecular flexibility index (Phi) is 4.51. The van der Waals surface area contributed by atoms with E-state index in [0.29, 0.717) is 13.1 Å². The maximum Gasteiger partial charge on any atom is 0.260 e. The second-order valence-corrected chi connectivity index (χ2v) is 8.18. The highest BCUT2D eigenvalue weighted by molar-refractivity contribution is 7.89. The van der Waals surface area contributed by atoms with Crippen LogP contribution in [0.1, 0.15) is 40.0 Å². The van der Waals surface area contributed by atoms with Crippen molar-refractivity contribution in [3.63, 3.8) is 0 Å². The fourth-order valence-electron chi connectivity index (χ4n) is 2.43. The largest absolute Gasteiger partial charge is 0.310 e. The minimum absolute atomic E-state index is 0.0104. The average molecular weight is 300 g/mol. The van der Waals surface area contributed by atoms with Gasteiger partial charge in [0.15, 0.2) is 5.03 Å². The zero-order valence-electron chi connectivity index (χ0n) is 12.4. The fraction of sp³-hybridized carbons (Fsp3) is 0.769. The van der Waals surface area contributed by atoms with Crippen molar-refractivity contribution in [2.75, 3.05) is 13.1 Å². The standard InChI is InChI=1S/C13H24N4O2S/c1-13(2,3)14-10-11-6-4-5-9-17(11)20(18,19)12-7-8-15-16-12/h7-8,11,14H,4-6,9-10H2,1-3H3,(H,15,16). The third-order valence-electron chi connectivity index (χ3n) is 3.50. The molecule has 0 saturated carbocycles. The lowest BCUT2D eigenvalue weighted by molar-refractivity contribution is 0.230. The SMILES string of the molecule is CC(C)(C)NCC1CCCCN1S(=O)(=O)c1ccn[nH]1. The average Bonchev–Trinajstić information content (AvgIpc) is 2.90. The van der Waals surface area contributed by atoms with Crippen LogP contribution in [-0.2, 0) is 10.0 Å². The van der Waals surface area contributed by atoms with Gasteiger partial charge in [-0.25, -0.2) is 8.42 Å². The molecule has 1 saturated heterocycles. The van der Waals surface area contributed by atoms with E-state index >= 15 is 0 Å². The van der Waals surface area contributed by atoms with Crippen LogP contribution in [-0.4, -0.2) is 47.6 Å². The van der Waals surface area contributed by atoms with Crippen molar-refractivity contribution in [3.8, 4) is 0 Å². The minimum atomic E-state index is -3.46. The topological polar surface area (TPSA) is 78.1 Å². The third kappa shape index (κ3) is 3.59. The first-order valence-electron chi connectivity index (χ1n) is 7.07. The number of aromatic nitrogens is 2. The van der Waals surface area contributed by atoms with Crippen LogP contribution in [0.2, 0.25) is 0 Å². The summed E-state index contributed by atoms with van der Waals surface area (Å²) in [4.78, 5) is 0. The molecule has 1 fully saturated rings. The number of sulfonamides is 1. The van der Waals surface area contributed by atoms with Gasteiger partial charge < -0.3 is 5.32 Å². The maximum atomic E-state index is 12.6. The summed E-state index contributed by atoms with van der Waals surface area (Å²) in [7, 11) is -3.46. The van der Waals surface area contributed by atoms with E-state index in [9.17, 15) is 8.42 Å². The molecule has 0 aliphatic carbocycles. The number of rotatable bonds is 4. The van der Waals surface area contributed by atoms with Crippen LogP contribution in [0, 0.1) is 0 Å². The van der Waals surface area contributed by atoms with Gasteiger partial charge in [0.05, 0.1) is 6.20 Å². The van der Waals surface area contributed by atoms with E-state index in [1.165, 1.54) is 12.3 Å². The summed E-state index contributed by atoms with van der Waals surface area (Å²) >= 11 is 0. The minimum Gasteiger partial charge on any atom is -0.310 e. The molecular formula is C13H24N4O2S. The summed E-state index contributed by atoms with van der Waals surface area (Å²) in [5.74, 6) is 0. The van der Waals surface area contributed by atoms with Gasteiger partial charge in [-0.1, -0.05) is 6.42 Å². The van der Waals surface area contributed by atoms with Gasteiger partial charge in [0.1, 0.15) is 0 Å². The highest BCUT2D eigenvalue weighted by Gasteiger charge is 2.34. The van der Waals surface area contributed by atoms with E-state index in [2.05, 4.69) is 36.3 Å². The van der Waals surface area contributed by atoms with Gasteiger partial charge in [-0.15, -0.1) is 0 Å². The predicted molar refractivity (Wildman–Crippen MR) is 77.9 cm³/mol. The van der Waals surface area contributed by atoms with E-state index in [1.807, 2.05) is 0 Å². The Bertz CT molecular complexity index is 519. The second kappa shape index (κ2) is 5.83. The van der Waals surface area contributed by atoms with Gasteiger partial charge in [0.2, 0.25) is 0 Å². The summed E-state index contributed by atoms with van der Waals surface area (Å²) in [6.07, 6.45) is 4.36. The molecule has 0 bridgehead atoms. The maximum absolute atomic E-state index is 12.6. The Labute approximate surface area is 121 Å². The molecule has 1 atom stereocenters. The molecule has 7 heteroatoms. The number of H-pyrrole nitrogens is 1. The zero-order chi connectivity index (χ0) is 14.8. The monoisotopic (exact) mass is 300 g/mol. The fourth-order valence-corrected chi connectivity index (χ4v) is 4.03. The van der Waals surface area contributed by atoms with E-state index in [1.54, 1.807) is 4.31 Å². The number of nitrogens with zero attached hydrogens (tertiary/aromatic N) is 2. The Hall–Kier alpha value is -0.920. The van der Waals surface area contributed by atoms with Crippen LogP contribution in [0.3, 0.4) is 0 Å². The van der Waals surface area contributed by atoms with Crippen molar-refractivity contribution in [2.24, 2.45) is 0 Å². The lowest BCUT2D eigenvalue weighted by atomic mass is 10.0. The molecule has 1 aliphatic rings. The van der Waals surface area contributed by atoms with Crippen molar-refractivity contribution >= 4 is 10.0 Å². The quantitative estimate of drug-likeness (QED) is 0.879. The van der Waals surface area contributed by atoms with E-state index in [0.717, 1.165) is 19.3 Å². The molecule has 2 rings (SSSR count). The second-order valence-electron chi connectivity index (χ2n) is 6.32. The third-order valence-corrected chi connectivity index (χ3v) is 5.38. The molecule has 0 amide bonds. The summed E-state index contributed by atoms with van der Waals surface area (Å²) in [6, 6.07) is 1.52. The van der Waals surface area contributed by atoms with Crippen molar-refractivity contribution < 1.29 is 8.42 Å². The summed E-state index contributed by atoms with van der Waals surface area (Å²) in [5.41, 5.74) is -0.0130. The molecule has 1 unspecified atom stereocenters. The normalized spacial score (nSPS) is 22.1. The van der Waals surface area contributed by atoms with E-state index < -0.39 is 10.0 Å². The Balaban J connectivity index is 2.15. The number of hydrogen-bond donors (Lipinski definition) is 2. The van der Waals surface area contributed by atoms with Gasteiger partial charge >= 0.3 is 0 Å². The van der Waals surface area contributed by atoms with E-state index in [-0.39, 0.29) is 16.6 Å². The molecule has 1 aliphatic heterocycles. The molecule has 2 N–H and O–H groups in total. The van der Waals surface area contributed by atoms with Crippen LogP contribution in [0.5, 0.6) is 0 Å². The van der Waals surface area contributed by atoms with Crippen LogP contribution < -0.4 is 5.32 Å². The van der Waals surface area contributed by atoms with Gasteiger partial charge in [-0.3, -0.25) is 5.10 Å². The van der Waals surface area contributed by atoms with E-state index in [4.69, 9.17) is 0 Å². The smallest absolute Gasteiger partial charge is 0.260 e. The Morgan fingerprint density at radius 1 is 1.45 bits per heavy atom. The number of nitrogens with one attached hydrogen (secondary N) is 2. The summed E-state index contributed by atoms with van der Waals surface area (Å²) in [6.45, 7) is 7.52. The van der Waals surface area contributed by atoms with Gasteiger partial charge in [0, 0.05) is 24.7 Å². The molecule has 6 nitrogen and oxygen atoms in total. The molecule has 20 heavy (non-hydrogen) atoms. The predicted octanol–water partition coefficient (Wildman–Crippen LogP) is 1.34. The molecule has 0 radical (unpaired) electrons. The number of hydrogen-bond acceptors (Lipinski definition) is 4. The Morgan fingerprint density at radius 3 is 2.80 bits per heavy atom. The molecule has 114 valence electrons. The lowest BCUT2D eigenvalue weighted by Gasteiger charge is -2.36. The van der Waals surface area contributed by atoms with Crippen LogP contribution >= 0.6 is 0 Å². The van der Waals surface area contributed by atoms with Crippen LogP contribution in [0.15, 0.2) is 17.3 Å². The van der Waals surface area contributed by atoms with Crippen LogP contribution in [0.4, 0.5) is 0 Å². The van der Waals surface area contributed by atoms with Crippen molar-refractivity contribution in [3.05, 3.63) is 12.3 Å². The highest BCUT2D eigenvalue weighted by atomic mass is 32.2. The number of piperidine rings is 1. The zero-order valence-corrected chi connectivity index (χ0v) is 13.2. The summed E-state index contributed by atoms with van der Waals surface area (Å²) in [5, 5.41) is 9.90.